The van der Waals surface area contributed by atoms with Crippen LogP contribution in [0, 0.1) is 13.8 Å². The van der Waals surface area contributed by atoms with E-state index in [9.17, 15) is 4.79 Å². The highest BCUT2D eigenvalue weighted by Gasteiger charge is 2.14. The van der Waals surface area contributed by atoms with Gasteiger partial charge in [-0.05, 0) is 43.7 Å². The van der Waals surface area contributed by atoms with Gasteiger partial charge in [-0.3, -0.25) is 4.79 Å². The first-order valence-electron chi connectivity index (χ1n) is 7.72. The Kier molecular flexibility index (Phi) is 4.68. The van der Waals surface area contributed by atoms with E-state index in [0.717, 1.165) is 25.3 Å². The Morgan fingerprint density at radius 2 is 2.00 bits per heavy atom. The van der Waals surface area contributed by atoms with Crippen LogP contribution in [0.1, 0.15) is 16.3 Å². The number of hydrogen-bond donors (Lipinski definition) is 1. The minimum Gasteiger partial charge on any atom is -0.411 e. The molecule has 4 rings (SSSR count). The molecule has 0 saturated carbocycles. The van der Waals surface area contributed by atoms with Gasteiger partial charge in [0.1, 0.15) is 10.7 Å². The van der Waals surface area contributed by atoms with Crippen molar-refractivity contribution in [3.63, 3.8) is 0 Å². The predicted octanol–water partition coefficient (Wildman–Crippen LogP) is 4.71. The third-order valence-corrected chi connectivity index (χ3v) is 6.38. The summed E-state index contributed by atoms with van der Waals surface area (Å²) in [5.41, 5.74) is 1.74. The molecule has 3 heterocycles. The third-order valence-electron chi connectivity index (χ3n) is 3.92. The van der Waals surface area contributed by atoms with Gasteiger partial charge < -0.3 is 9.40 Å². The number of fused-ring (bicyclic) bond motifs is 1. The van der Waals surface area contributed by atoms with Gasteiger partial charge in [-0.1, -0.05) is 27.7 Å². The van der Waals surface area contributed by atoms with Crippen LogP contribution in [0.4, 0.5) is 0 Å². The zero-order chi connectivity index (χ0) is 18.3. The number of thiophene rings is 1. The molecule has 1 N–H and O–H groups in total. The van der Waals surface area contributed by atoms with E-state index >= 15 is 0 Å². The first-order chi connectivity index (χ1) is 12.5. The average Bonchev–Trinajstić information content (AvgIpc) is 3.19. The first kappa shape index (κ1) is 17.4. The van der Waals surface area contributed by atoms with E-state index in [1.165, 1.54) is 23.1 Å². The van der Waals surface area contributed by atoms with E-state index in [1.54, 1.807) is 0 Å². The number of thioether (sulfide) groups is 1. The molecule has 0 aliphatic heterocycles. The lowest BCUT2D eigenvalue weighted by molar-refractivity contribution is 0.465. The monoisotopic (exact) mass is 448 g/mol. The first-order valence-corrected chi connectivity index (χ1v) is 10.3. The van der Waals surface area contributed by atoms with Crippen LogP contribution in [0.25, 0.3) is 21.7 Å². The minimum atomic E-state index is -0.103. The molecule has 0 atom stereocenters. The lowest BCUT2D eigenvalue weighted by atomic mass is 10.2. The van der Waals surface area contributed by atoms with Crippen LogP contribution in [-0.2, 0) is 5.75 Å². The van der Waals surface area contributed by atoms with Gasteiger partial charge in [-0.25, -0.2) is 4.98 Å². The van der Waals surface area contributed by atoms with Crippen LogP contribution < -0.4 is 5.56 Å². The van der Waals surface area contributed by atoms with Gasteiger partial charge in [0, 0.05) is 14.9 Å². The van der Waals surface area contributed by atoms with Gasteiger partial charge in [0.25, 0.3) is 10.8 Å². The average molecular weight is 449 g/mol. The Morgan fingerprint density at radius 1 is 1.23 bits per heavy atom. The standard InChI is InChI=1S/C17H13BrN4O2S2/c1-8-9(2)26-16-13(8)14(23)19-12(20-16)7-25-17-22-21-15(24-17)10-3-5-11(18)6-4-10/h3-6H,7H2,1-2H3,(H,19,20,23). The number of aryl methyl sites for hydroxylation is 2. The number of benzene rings is 1. The maximum atomic E-state index is 12.3. The number of rotatable bonds is 4. The number of aromatic nitrogens is 4. The van der Waals surface area contributed by atoms with Crippen molar-refractivity contribution >= 4 is 49.2 Å². The lowest BCUT2D eigenvalue weighted by Crippen LogP contribution is -2.10. The molecule has 132 valence electrons. The molecule has 0 spiro atoms. The summed E-state index contributed by atoms with van der Waals surface area (Å²) in [6, 6.07) is 7.64. The van der Waals surface area contributed by atoms with Crippen molar-refractivity contribution in [2.24, 2.45) is 0 Å². The maximum Gasteiger partial charge on any atom is 0.277 e. The number of hydrogen-bond acceptors (Lipinski definition) is 7. The summed E-state index contributed by atoms with van der Waals surface area (Å²) in [7, 11) is 0. The fourth-order valence-electron chi connectivity index (χ4n) is 2.47. The van der Waals surface area contributed by atoms with Crippen LogP contribution in [0.5, 0.6) is 0 Å². The molecule has 0 aliphatic carbocycles. The predicted molar refractivity (Wildman–Crippen MR) is 107 cm³/mol. The summed E-state index contributed by atoms with van der Waals surface area (Å²) in [6.45, 7) is 3.94. The lowest BCUT2D eigenvalue weighted by Gasteiger charge is -1.99. The van der Waals surface area contributed by atoms with E-state index < -0.39 is 0 Å². The molecular formula is C17H13BrN4O2S2. The number of halogens is 1. The molecule has 0 radical (unpaired) electrons. The fraction of sp³-hybridized carbons (Fsp3) is 0.176. The summed E-state index contributed by atoms with van der Waals surface area (Å²) in [5.74, 6) is 1.50. The second-order valence-corrected chi connectivity index (χ2v) is 8.69. The van der Waals surface area contributed by atoms with E-state index in [0.29, 0.717) is 28.1 Å². The molecule has 0 fully saturated rings. The molecule has 4 aromatic rings. The van der Waals surface area contributed by atoms with E-state index in [4.69, 9.17) is 4.42 Å². The van der Waals surface area contributed by atoms with Crippen LogP contribution >= 0.6 is 39.0 Å². The summed E-state index contributed by atoms with van der Waals surface area (Å²) in [4.78, 5) is 21.6. The van der Waals surface area contributed by atoms with Crippen molar-refractivity contribution in [2.45, 2.75) is 24.8 Å². The van der Waals surface area contributed by atoms with Gasteiger partial charge in [-0.15, -0.1) is 21.5 Å². The summed E-state index contributed by atoms with van der Waals surface area (Å²) in [6.07, 6.45) is 0. The quantitative estimate of drug-likeness (QED) is 0.455. The molecule has 0 amide bonds. The molecule has 9 heteroatoms. The SMILES string of the molecule is Cc1sc2nc(CSc3nnc(-c4ccc(Br)cc4)o3)[nH]c(=O)c2c1C. The largest absolute Gasteiger partial charge is 0.411 e. The Hall–Kier alpha value is -1.97. The third kappa shape index (κ3) is 3.34. The van der Waals surface area contributed by atoms with Crippen LogP contribution in [0.2, 0.25) is 0 Å². The Labute approximate surface area is 165 Å². The highest BCUT2D eigenvalue weighted by molar-refractivity contribution is 9.10. The van der Waals surface area contributed by atoms with Gasteiger partial charge in [-0.2, -0.15) is 0 Å². The second-order valence-electron chi connectivity index (χ2n) is 5.64. The van der Waals surface area contributed by atoms with Crippen molar-refractivity contribution in [3.05, 3.63) is 55.4 Å². The summed E-state index contributed by atoms with van der Waals surface area (Å²) >= 11 is 6.28. The molecule has 0 saturated heterocycles. The highest BCUT2D eigenvalue weighted by atomic mass is 79.9. The number of nitrogens with one attached hydrogen (secondary N) is 1. The van der Waals surface area contributed by atoms with E-state index in [2.05, 4.69) is 36.1 Å². The molecule has 3 aromatic heterocycles. The van der Waals surface area contributed by atoms with Crippen LogP contribution in [0.3, 0.4) is 0 Å². The zero-order valence-electron chi connectivity index (χ0n) is 13.9. The number of H-pyrrole nitrogens is 1. The molecule has 0 bridgehead atoms. The van der Waals surface area contributed by atoms with Gasteiger partial charge in [0.05, 0.1) is 11.1 Å². The van der Waals surface area contributed by atoms with Crippen molar-refractivity contribution in [1.29, 1.82) is 0 Å². The van der Waals surface area contributed by atoms with Crippen molar-refractivity contribution < 1.29 is 4.42 Å². The molecule has 1 aromatic carbocycles. The molecule has 0 aliphatic rings. The molecule has 26 heavy (non-hydrogen) atoms. The van der Waals surface area contributed by atoms with Crippen molar-refractivity contribution in [2.75, 3.05) is 0 Å². The fourth-order valence-corrected chi connectivity index (χ4v) is 4.42. The van der Waals surface area contributed by atoms with Crippen LogP contribution in [0.15, 0.2) is 43.2 Å². The second kappa shape index (κ2) is 6.98. The van der Waals surface area contributed by atoms with Gasteiger partial charge in [0.15, 0.2) is 0 Å². The van der Waals surface area contributed by atoms with Gasteiger partial charge in [0.2, 0.25) is 5.89 Å². The molecular weight excluding hydrogens is 436 g/mol. The topological polar surface area (TPSA) is 84.7 Å². The molecule has 0 unspecified atom stereocenters. The maximum absolute atomic E-state index is 12.3. The smallest absolute Gasteiger partial charge is 0.277 e. The molecule has 6 nitrogen and oxygen atoms in total. The summed E-state index contributed by atoms with van der Waals surface area (Å²) < 4.78 is 6.67. The van der Waals surface area contributed by atoms with Crippen LogP contribution in [-0.4, -0.2) is 20.2 Å². The van der Waals surface area contributed by atoms with Crippen molar-refractivity contribution in [3.8, 4) is 11.5 Å². The Balaban J connectivity index is 1.53. The van der Waals surface area contributed by atoms with E-state index in [1.807, 2.05) is 38.1 Å². The minimum absolute atomic E-state index is 0.103. The van der Waals surface area contributed by atoms with Gasteiger partial charge >= 0.3 is 0 Å². The summed E-state index contributed by atoms with van der Waals surface area (Å²) in [5, 5.41) is 9.23. The highest BCUT2D eigenvalue weighted by Crippen LogP contribution is 2.28. The number of aromatic amines is 1. The van der Waals surface area contributed by atoms with E-state index in [-0.39, 0.29) is 5.56 Å². The normalized spacial score (nSPS) is 11.3. The number of nitrogens with zero attached hydrogens (tertiary/aromatic N) is 3. The Morgan fingerprint density at radius 3 is 2.77 bits per heavy atom. The van der Waals surface area contributed by atoms with Crippen molar-refractivity contribution in [1.82, 2.24) is 20.2 Å². The Bertz CT molecular complexity index is 1150. The zero-order valence-corrected chi connectivity index (χ0v) is 17.1.